The SMILES string of the molecule is COCc1ccc(Oc2ccc(N=C3NC(=O)N(C[C@H](C)C(=O)OC)C(O)N3Cc3ccc(C)cc3)cc2)nc1. The molecular weight excluding hydrogens is 514 g/mol. The number of urea groups is 1. The molecule has 1 unspecified atom stereocenters. The number of aryl methyl sites for hydroxylation is 1. The summed E-state index contributed by atoms with van der Waals surface area (Å²) in [5, 5.41) is 14.0. The van der Waals surface area contributed by atoms with Gasteiger partial charge in [0, 0.05) is 25.9 Å². The summed E-state index contributed by atoms with van der Waals surface area (Å²) in [6.45, 7) is 4.31. The number of carbonyl (C=O) groups excluding carboxylic acids is 2. The van der Waals surface area contributed by atoms with Crippen molar-refractivity contribution in [1.29, 1.82) is 0 Å². The number of pyridine rings is 1. The molecule has 2 atom stereocenters. The van der Waals surface area contributed by atoms with Gasteiger partial charge >= 0.3 is 12.0 Å². The molecule has 0 saturated carbocycles. The normalized spacial score (nSPS) is 17.0. The fraction of sp³-hybridized carbons (Fsp3) is 0.310. The van der Waals surface area contributed by atoms with Crippen molar-refractivity contribution in [2.75, 3.05) is 20.8 Å². The van der Waals surface area contributed by atoms with Crippen LogP contribution in [0.3, 0.4) is 0 Å². The maximum absolute atomic E-state index is 13.0. The van der Waals surface area contributed by atoms with Crippen LogP contribution in [0.5, 0.6) is 11.6 Å². The van der Waals surface area contributed by atoms with Gasteiger partial charge in [0.1, 0.15) is 5.75 Å². The number of methoxy groups -OCH3 is 2. The highest BCUT2D eigenvalue weighted by atomic mass is 16.5. The average molecular weight is 548 g/mol. The zero-order valence-electron chi connectivity index (χ0n) is 22.9. The molecule has 2 amide bonds. The highest BCUT2D eigenvalue weighted by molar-refractivity contribution is 5.99. The van der Waals surface area contributed by atoms with Crippen LogP contribution in [-0.4, -0.2) is 65.0 Å². The van der Waals surface area contributed by atoms with Gasteiger partial charge in [0.2, 0.25) is 18.2 Å². The smallest absolute Gasteiger partial charge is 0.327 e. The monoisotopic (exact) mass is 547 g/mol. The maximum Gasteiger partial charge on any atom is 0.327 e. The minimum atomic E-state index is -1.37. The number of aliphatic hydroxyl groups is 1. The quantitative estimate of drug-likeness (QED) is 0.366. The van der Waals surface area contributed by atoms with E-state index in [2.05, 4.69) is 15.3 Å². The minimum Gasteiger partial charge on any atom is -0.469 e. The van der Waals surface area contributed by atoms with Crippen molar-refractivity contribution >= 4 is 23.6 Å². The molecule has 11 nitrogen and oxygen atoms in total. The summed E-state index contributed by atoms with van der Waals surface area (Å²) in [5.74, 6) is 0.0516. The number of hydrogen-bond acceptors (Lipinski definition) is 8. The molecule has 1 saturated heterocycles. The third-order valence-corrected chi connectivity index (χ3v) is 6.26. The van der Waals surface area contributed by atoms with Crippen molar-refractivity contribution in [2.24, 2.45) is 10.9 Å². The number of esters is 1. The summed E-state index contributed by atoms with van der Waals surface area (Å²) in [6, 6.07) is 17.8. The lowest BCUT2D eigenvalue weighted by Gasteiger charge is -2.42. The first-order chi connectivity index (χ1) is 19.3. The van der Waals surface area contributed by atoms with Crippen molar-refractivity contribution in [3.05, 3.63) is 83.6 Å². The van der Waals surface area contributed by atoms with Gasteiger partial charge in [-0.1, -0.05) is 36.8 Å². The van der Waals surface area contributed by atoms with Gasteiger partial charge in [-0.3, -0.25) is 19.9 Å². The first kappa shape index (κ1) is 28.5. The van der Waals surface area contributed by atoms with Crippen molar-refractivity contribution in [1.82, 2.24) is 20.1 Å². The molecule has 0 spiro atoms. The number of aromatic nitrogens is 1. The summed E-state index contributed by atoms with van der Waals surface area (Å²) in [7, 11) is 2.91. The molecular formula is C29H33N5O6. The fourth-order valence-electron chi connectivity index (χ4n) is 4.06. The van der Waals surface area contributed by atoms with E-state index >= 15 is 0 Å². The van der Waals surface area contributed by atoms with E-state index in [9.17, 15) is 14.7 Å². The van der Waals surface area contributed by atoms with E-state index in [-0.39, 0.29) is 19.0 Å². The number of aliphatic imine (C=N–C) groups is 1. The predicted octanol–water partition coefficient (Wildman–Crippen LogP) is 3.93. The van der Waals surface area contributed by atoms with Gasteiger partial charge in [-0.25, -0.2) is 14.8 Å². The molecule has 0 radical (unpaired) electrons. The number of amides is 2. The van der Waals surface area contributed by atoms with Gasteiger partial charge in [-0.05, 0) is 48.4 Å². The topological polar surface area (TPSA) is 126 Å². The molecule has 40 heavy (non-hydrogen) atoms. The third-order valence-electron chi connectivity index (χ3n) is 6.26. The van der Waals surface area contributed by atoms with E-state index in [4.69, 9.17) is 14.2 Å². The Balaban J connectivity index is 1.55. The van der Waals surface area contributed by atoms with Crippen LogP contribution in [0.2, 0.25) is 0 Å². The zero-order chi connectivity index (χ0) is 28.6. The van der Waals surface area contributed by atoms with Gasteiger partial charge in [0.05, 0.1) is 31.9 Å². The molecule has 2 aromatic carbocycles. The van der Waals surface area contributed by atoms with Crippen molar-refractivity contribution in [2.45, 2.75) is 33.4 Å². The van der Waals surface area contributed by atoms with Crippen LogP contribution in [0.4, 0.5) is 10.5 Å². The van der Waals surface area contributed by atoms with E-state index < -0.39 is 24.3 Å². The second-order valence-electron chi connectivity index (χ2n) is 9.44. The molecule has 1 aliphatic rings. The highest BCUT2D eigenvalue weighted by Crippen LogP contribution is 2.25. The molecule has 1 fully saturated rings. The van der Waals surface area contributed by atoms with Gasteiger partial charge < -0.3 is 19.3 Å². The number of hydrogen-bond donors (Lipinski definition) is 2. The first-order valence-electron chi connectivity index (χ1n) is 12.7. The Morgan fingerprint density at radius 1 is 1.05 bits per heavy atom. The second-order valence-corrected chi connectivity index (χ2v) is 9.44. The predicted molar refractivity (Wildman–Crippen MR) is 148 cm³/mol. The number of benzene rings is 2. The van der Waals surface area contributed by atoms with Gasteiger partial charge in [-0.15, -0.1) is 0 Å². The van der Waals surface area contributed by atoms with E-state index in [0.717, 1.165) is 16.7 Å². The molecule has 2 heterocycles. The number of nitrogens with zero attached hydrogens (tertiary/aromatic N) is 4. The van der Waals surface area contributed by atoms with Crippen molar-refractivity contribution in [3.63, 3.8) is 0 Å². The average Bonchev–Trinajstić information content (AvgIpc) is 2.95. The van der Waals surface area contributed by atoms with Crippen LogP contribution in [0.1, 0.15) is 23.6 Å². The lowest BCUT2D eigenvalue weighted by Crippen LogP contribution is -2.66. The Bertz CT molecular complexity index is 1330. The molecule has 210 valence electrons. The maximum atomic E-state index is 13.0. The van der Waals surface area contributed by atoms with Crippen LogP contribution in [0.15, 0.2) is 71.9 Å². The molecule has 11 heteroatoms. The molecule has 4 rings (SSSR count). The van der Waals surface area contributed by atoms with Gasteiger partial charge in [0.15, 0.2) is 0 Å². The van der Waals surface area contributed by atoms with Gasteiger partial charge in [0.25, 0.3) is 0 Å². The molecule has 0 bridgehead atoms. The van der Waals surface area contributed by atoms with Crippen LogP contribution in [0.25, 0.3) is 0 Å². The number of ether oxygens (including phenoxy) is 3. The van der Waals surface area contributed by atoms with E-state index in [1.54, 1.807) is 55.5 Å². The van der Waals surface area contributed by atoms with Gasteiger partial charge in [-0.2, -0.15) is 0 Å². The Morgan fingerprint density at radius 2 is 1.75 bits per heavy atom. The molecule has 3 aromatic rings. The standard InChI is InChI=1S/C29H33N5O6/c1-19-5-7-21(8-6-19)17-33-27(32-28(36)34(29(33)37)16-20(2)26(35)39-4)31-23-10-12-24(13-11-23)40-25-14-9-22(15-30-25)18-38-3/h5-15,20,29,37H,16-18H2,1-4H3,(H,31,32,36)/t20-,29?/m0/s1. The molecule has 0 aliphatic carbocycles. The van der Waals surface area contributed by atoms with Crippen LogP contribution in [0, 0.1) is 12.8 Å². The van der Waals surface area contributed by atoms with E-state index in [1.807, 2.05) is 37.3 Å². The summed E-state index contributed by atoms with van der Waals surface area (Å²) >= 11 is 0. The lowest BCUT2D eigenvalue weighted by molar-refractivity contribution is -0.147. The molecule has 1 aliphatic heterocycles. The first-order valence-corrected chi connectivity index (χ1v) is 12.7. The molecule has 1 aromatic heterocycles. The Kier molecular flexibility index (Phi) is 9.31. The Labute approximate surface area is 233 Å². The van der Waals surface area contributed by atoms with E-state index in [1.165, 1.54) is 12.0 Å². The Morgan fingerprint density at radius 3 is 2.38 bits per heavy atom. The number of aliphatic hydroxyl groups excluding tert-OH is 1. The summed E-state index contributed by atoms with van der Waals surface area (Å²) < 4.78 is 15.7. The minimum absolute atomic E-state index is 0.0378. The summed E-state index contributed by atoms with van der Waals surface area (Å²) in [5.41, 5.74) is 3.47. The number of rotatable bonds is 10. The Hall–Kier alpha value is -4.48. The summed E-state index contributed by atoms with van der Waals surface area (Å²) in [6.07, 6.45) is 0.323. The molecule has 2 N–H and O–H groups in total. The van der Waals surface area contributed by atoms with E-state index in [0.29, 0.717) is 23.9 Å². The zero-order valence-corrected chi connectivity index (χ0v) is 22.9. The largest absolute Gasteiger partial charge is 0.469 e. The number of carbonyl (C=O) groups is 2. The van der Waals surface area contributed by atoms with Crippen LogP contribution in [-0.2, 0) is 27.4 Å². The van der Waals surface area contributed by atoms with Crippen LogP contribution < -0.4 is 10.1 Å². The highest BCUT2D eigenvalue weighted by Gasteiger charge is 2.38. The number of nitrogens with one attached hydrogen (secondary N) is 1. The lowest BCUT2D eigenvalue weighted by atomic mass is 10.1. The third kappa shape index (κ3) is 7.13. The second kappa shape index (κ2) is 13.0. The van der Waals surface area contributed by atoms with Crippen LogP contribution >= 0.6 is 0 Å². The number of guanidine groups is 1. The fourth-order valence-corrected chi connectivity index (χ4v) is 4.06. The summed E-state index contributed by atoms with van der Waals surface area (Å²) in [4.78, 5) is 36.6. The van der Waals surface area contributed by atoms with Crippen molar-refractivity contribution < 1.29 is 28.9 Å². The van der Waals surface area contributed by atoms with Crippen molar-refractivity contribution in [3.8, 4) is 11.6 Å².